The minimum Gasteiger partial charge on any atom is -0.500 e. The molecular weight excluding hydrogens is 209 g/mol. The maximum absolute atomic E-state index is 13.3. The predicted octanol–water partition coefficient (Wildman–Crippen LogP) is 2.45. The van der Waals surface area contributed by atoms with Crippen LogP contribution >= 0.6 is 0 Å². The first-order valence-corrected chi connectivity index (χ1v) is 4.56. The van der Waals surface area contributed by atoms with Crippen molar-refractivity contribution in [2.24, 2.45) is 0 Å². The number of ketones is 1. The standard InChI is InChI=1S/C12H10FNO2/c1-8(16-2)10(7-14)12(15)9-5-3-4-6-11(9)13/h3-6H,1-2H3. The van der Waals surface area contributed by atoms with E-state index in [-0.39, 0.29) is 16.9 Å². The molecule has 0 unspecified atom stereocenters. The molecule has 3 nitrogen and oxygen atoms in total. The third kappa shape index (κ3) is 2.26. The molecular formula is C12H10FNO2. The van der Waals surface area contributed by atoms with E-state index in [1.165, 1.54) is 38.3 Å². The number of carbonyl (C=O) groups excluding carboxylic acids is 1. The molecule has 4 heteroatoms. The number of Topliss-reactive ketones (excluding diaryl/α,β-unsaturated/α-hetero) is 1. The van der Waals surface area contributed by atoms with Gasteiger partial charge in [-0.05, 0) is 19.1 Å². The fourth-order valence-corrected chi connectivity index (χ4v) is 1.17. The first-order valence-electron chi connectivity index (χ1n) is 4.56. The summed E-state index contributed by atoms with van der Waals surface area (Å²) in [4.78, 5) is 11.8. The van der Waals surface area contributed by atoms with Gasteiger partial charge in [-0.25, -0.2) is 4.39 Å². The van der Waals surface area contributed by atoms with E-state index in [9.17, 15) is 9.18 Å². The largest absolute Gasteiger partial charge is 0.500 e. The molecule has 16 heavy (non-hydrogen) atoms. The molecule has 0 aliphatic heterocycles. The van der Waals surface area contributed by atoms with Crippen LogP contribution in [0.2, 0.25) is 0 Å². The Hall–Kier alpha value is -2.15. The molecule has 0 amide bonds. The Kier molecular flexibility index (Phi) is 3.78. The van der Waals surface area contributed by atoms with Gasteiger partial charge in [-0.2, -0.15) is 5.26 Å². The summed E-state index contributed by atoms with van der Waals surface area (Å²) in [7, 11) is 1.35. The van der Waals surface area contributed by atoms with Gasteiger partial charge in [-0.3, -0.25) is 4.79 Å². The van der Waals surface area contributed by atoms with Crippen molar-refractivity contribution in [2.75, 3.05) is 7.11 Å². The molecule has 0 bridgehead atoms. The third-order valence-corrected chi connectivity index (χ3v) is 2.12. The second-order valence-corrected chi connectivity index (χ2v) is 3.06. The van der Waals surface area contributed by atoms with E-state index in [1.807, 2.05) is 0 Å². The van der Waals surface area contributed by atoms with E-state index in [0.717, 1.165) is 0 Å². The van der Waals surface area contributed by atoms with Crippen LogP contribution in [0, 0.1) is 17.1 Å². The quantitative estimate of drug-likeness (QED) is 0.339. The molecule has 0 saturated carbocycles. The minimum absolute atomic E-state index is 0.129. The molecule has 1 aromatic carbocycles. The number of halogens is 1. The van der Waals surface area contributed by atoms with Gasteiger partial charge in [0.05, 0.1) is 12.7 Å². The zero-order chi connectivity index (χ0) is 12.1. The molecule has 0 fully saturated rings. The molecule has 0 radical (unpaired) electrons. The molecule has 0 spiro atoms. The summed E-state index contributed by atoms with van der Waals surface area (Å²) in [6.45, 7) is 1.48. The van der Waals surface area contributed by atoms with Crippen LogP contribution in [0.1, 0.15) is 17.3 Å². The lowest BCUT2D eigenvalue weighted by Crippen LogP contribution is -2.07. The summed E-state index contributed by atoms with van der Waals surface area (Å²) in [5.74, 6) is -1.14. The average Bonchev–Trinajstić information content (AvgIpc) is 2.30. The highest BCUT2D eigenvalue weighted by atomic mass is 19.1. The Morgan fingerprint density at radius 1 is 1.44 bits per heavy atom. The second-order valence-electron chi connectivity index (χ2n) is 3.06. The van der Waals surface area contributed by atoms with Crippen LogP contribution in [0.3, 0.4) is 0 Å². The summed E-state index contributed by atoms with van der Waals surface area (Å²) >= 11 is 0. The van der Waals surface area contributed by atoms with E-state index in [4.69, 9.17) is 10.00 Å². The van der Waals surface area contributed by atoms with Gasteiger partial charge in [0.2, 0.25) is 5.78 Å². The summed E-state index contributed by atoms with van der Waals surface area (Å²) in [5, 5.41) is 8.82. The highest BCUT2D eigenvalue weighted by molar-refractivity contribution is 6.11. The number of ether oxygens (including phenoxy) is 1. The van der Waals surface area contributed by atoms with Crippen LogP contribution in [0.15, 0.2) is 35.6 Å². The van der Waals surface area contributed by atoms with Crippen molar-refractivity contribution in [3.05, 3.63) is 47.0 Å². The van der Waals surface area contributed by atoms with Crippen molar-refractivity contribution in [3.63, 3.8) is 0 Å². The highest BCUT2D eigenvalue weighted by Gasteiger charge is 2.18. The number of nitrogens with zero attached hydrogens (tertiary/aromatic N) is 1. The topological polar surface area (TPSA) is 50.1 Å². The molecule has 0 atom stereocenters. The number of benzene rings is 1. The fourth-order valence-electron chi connectivity index (χ4n) is 1.17. The van der Waals surface area contributed by atoms with Gasteiger partial charge in [0, 0.05) is 0 Å². The van der Waals surface area contributed by atoms with Gasteiger partial charge in [-0.1, -0.05) is 12.1 Å². The number of carbonyl (C=O) groups is 1. The molecule has 1 rings (SSSR count). The maximum atomic E-state index is 13.3. The molecule has 0 aliphatic rings. The van der Waals surface area contributed by atoms with Gasteiger partial charge in [0.1, 0.15) is 23.2 Å². The van der Waals surface area contributed by atoms with Crippen molar-refractivity contribution in [1.82, 2.24) is 0 Å². The number of methoxy groups -OCH3 is 1. The monoisotopic (exact) mass is 219 g/mol. The van der Waals surface area contributed by atoms with Crippen LogP contribution in [0.4, 0.5) is 4.39 Å². The SMILES string of the molecule is COC(C)=C(C#N)C(=O)c1ccccc1F. The number of hydrogen-bond acceptors (Lipinski definition) is 3. The van der Waals surface area contributed by atoms with Crippen molar-refractivity contribution in [2.45, 2.75) is 6.92 Å². The fraction of sp³-hybridized carbons (Fsp3) is 0.167. The van der Waals surface area contributed by atoms with Crippen LogP contribution in [-0.4, -0.2) is 12.9 Å². The Bertz CT molecular complexity index is 486. The van der Waals surface area contributed by atoms with Gasteiger partial charge >= 0.3 is 0 Å². The van der Waals surface area contributed by atoms with Gasteiger partial charge in [0.15, 0.2) is 0 Å². The zero-order valence-electron chi connectivity index (χ0n) is 8.95. The first-order chi connectivity index (χ1) is 7.61. The molecule has 0 heterocycles. The average molecular weight is 219 g/mol. The molecule has 1 aromatic rings. The highest BCUT2D eigenvalue weighted by Crippen LogP contribution is 2.15. The molecule has 82 valence electrons. The number of hydrogen-bond donors (Lipinski definition) is 0. The van der Waals surface area contributed by atoms with E-state index >= 15 is 0 Å². The number of nitriles is 1. The lowest BCUT2D eigenvalue weighted by Gasteiger charge is -2.04. The minimum atomic E-state index is -0.667. The maximum Gasteiger partial charge on any atom is 0.209 e. The second kappa shape index (κ2) is 5.08. The van der Waals surface area contributed by atoms with E-state index in [0.29, 0.717) is 0 Å². The van der Waals surface area contributed by atoms with Gasteiger partial charge in [-0.15, -0.1) is 0 Å². The van der Waals surface area contributed by atoms with Crippen molar-refractivity contribution >= 4 is 5.78 Å². The Balaban J connectivity index is 3.23. The first kappa shape index (κ1) is 11.9. The Morgan fingerprint density at radius 2 is 2.06 bits per heavy atom. The summed E-state index contributed by atoms with van der Waals surface area (Å²) < 4.78 is 18.1. The molecule has 0 aliphatic carbocycles. The normalized spacial score (nSPS) is 11.4. The van der Waals surface area contributed by atoms with Gasteiger partial charge in [0.25, 0.3) is 0 Å². The smallest absolute Gasteiger partial charge is 0.209 e. The van der Waals surface area contributed by atoms with Crippen molar-refractivity contribution in [1.29, 1.82) is 5.26 Å². The summed E-state index contributed by atoms with van der Waals surface area (Å²) in [5.41, 5.74) is -0.317. The van der Waals surface area contributed by atoms with E-state index in [1.54, 1.807) is 6.07 Å². The lowest BCUT2D eigenvalue weighted by atomic mass is 10.0. The summed E-state index contributed by atoms with van der Waals surface area (Å²) in [6.07, 6.45) is 0. The van der Waals surface area contributed by atoms with Crippen LogP contribution < -0.4 is 0 Å². The number of allylic oxidation sites excluding steroid dienone is 2. The Morgan fingerprint density at radius 3 is 2.56 bits per heavy atom. The van der Waals surface area contributed by atoms with Crippen LogP contribution in [0.5, 0.6) is 0 Å². The summed E-state index contributed by atoms with van der Waals surface area (Å²) in [6, 6.07) is 7.23. The third-order valence-electron chi connectivity index (χ3n) is 2.12. The zero-order valence-corrected chi connectivity index (χ0v) is 8.95. The van der Waals surface area contributed by atoms with E-state index in [2.05, 4.69) is 0 Å². The predicted molar refractivity (Wildman–Crippen MR) is 56.1 cm³/mol. The Labute approximate surface area is 92.8 Å². The van der Waals surface area contributed by atoms with Crippen LogP contribution in [0.25, 0.3) is 0 Å². The van der Waals surface area contributed by atoms with Crippen LogP contribution in [-0.2, 0) is 4.74 Å². The molecule has 0 saturated heterocycles. The van der Waals surface area contributed by atoms with E-state index < -0.39 is 11.6 Å². The molecule has 0 N–H and O–H groups in total. The lowest BCUT2D eigenvalue weighted by molar-refractivity contribution is 0.102. The van der Waals surface area contributed by atoms with Crippen molar-refractivity contribution < 1.29 is 13.9 Å². The van der Waals surface area contributed by atoms with Gasteiger partial charge < -0.3 is 4.74 Å². The number of rotatable bonds is 3. The van der Waals surface area contributed by atoms with Crippen molar-refractivity contribution in [3.8, 4) is 6.07 Å². The molecule has 0 aromatic heterocycles.